The van der Waals surface area contributed by atoms with Gasteiger partial charge in [0, 0.05) is 22.5 Å². The van der Waals surface area contributed by atoms with E-state index in [4.69, 9.17) is 11.6 Å². The van der Waals surface area contributed by atoms with Crippen molar-refractivity contribution >= 4 is 28.8 Å². The summed E-state index contributed by atoms with van der Waals surface area (Å²) >= 11 is 5.89. The van der Waals surface area contributed by atoms with Crippen molar-refractivity contribution < 1.29 is 4.79 Å². The Bertz CT molecular complexity index is 1130. The van der Waals surface area contributed by atoms with Gasteiger partial charge in [-0.3, -0.25) is 4.79 Å². The summed E-state index contributed by atoms with van der Waals surface area (Å²) in [4.78, 5) is 17.2. The Morgan fingerprint density at radius 1 is 1.04 bits per heavy atom. The van der Waals surface area contributed by atoms with E-state index < -0.39 is 0 Å². The fraction of sp³-hybridized carbons (Fsp3) is 0.0952. The minimum atomic E-state index is -0.237. The predicted molar refractivity (Wildman–Crippen MR) is 107 cm³/mol. The highest BCUT2D eigenvalue weighted by Gasteiger charge is 2.18. The van der Waals surface area contributed by atoms with Gasteiger partial charge >= 0.3 is 0 Å². The van der Waals surface area contributed by atoms with Gasteiger partial charge < -0.3 is 5.32 Å². The van der Waals surface area contributed by atoms with Gasteiger partial charge in [-0.05, 0) is 43.7 Å². The quantitative estimate of drug-likeness (QED) is 0.552. The zero-order valence-electron chi connectivity index (χ0n) is 14.9. The van der Waals surface area contributed by atoms with Crippen LogP contribution in [0.2, 0.25) is 5.02 Å². The Morgan fingerprint density at radius 2 is 1.74 bits per heavy atom. The van der Waals surface area contributed by atoms with Crippen LogP contribution in [0.15, 0.2) is 60.8 Å². The van der Waals surface area contributed by atoms with Gasteiger partial charge in [0.1, 0.15) is 0 Å². The zero-order valence-corrected chi connectivity index (χ0v) is 15.7. The smallest absolute Gasteiger partial charge is 0.259 e. The summed E-state index contributed by atoms with van der Waals surface area (Å²) in [5.74, 6) is -0.237. The number of nitrogens with zero attached hydrogens (tertiary/aromatic N) is 3. The molecule has 2 heterocycles. The van der Waals surface area contributed by atoms with Crippen LogP contribution in [0.3, 0.4) is 0 Å². The van der Waals surface area contributed by atoms with Gasteiger partial charge in [0.25, 0.3) is 5.91 Å². The van der Waals surface area contributed by atoms with E-state index in [1.807, 2.05) is 44.2 Å². The van der Waals surface area contributed by atoms with Gasteiger partial charge in [-0.15, -0.1) is 0 Å². The number of nitrogens with one attached hydrogen (secondary N) is 1. The first-order valence-corrected chi connectivity index (χ1v) is 8.89. The molecular formula is C21H17ClN4O. The van der Waals surface area contributed by atoms with Gasteiger partial charge in [0.05, 0.1) is 17.0 Å². The van der Waals surface area contributed by atoms with Crippen molar-refractivity contribution in [2.45, 2.75) is 13.8 Å². The highest BCUT2D eigenvalue weighted by Crippen LogP contribution is 2.28. The summed E-state index contributed by atoms with van der Waals surface area (Å²) < 4.78 is 1.73. The van der Waals surface area contributed by atoms with E-state index in [0.717, 1.165) is 28.2 Å². The third-order valence-electron chi connectivity index (χ3n) is 4.47. The molecule has 0 spiro atoms. The first-order chi connectivity index (χ1) is 13.0. The molecule has 0 atom stereocenters. The van der Waals surface area contributed by atoms with Crippen LogP contribution >= 0.6 is 11.6 Å². The number of hydrogen-bond donors (Lipinski definition) is 1. The predicted octanol–water partition coefficient (Wildman–Crippen LogP) is 4.92. The molecule has 0 bridgehead atoms. The second-order valence-corrected chi connectivity index (χ2v) is 6.72. The fourth-order valence-corrected chi connectivity index (χ4v) is 3.22. The molecule has 6 heteroatoms. The summed E-state index contributed by atoms with van der Waals surface area (Å²) in [6, 6.07) is 17.0. The van der Waals surface area contributed by atoms with Crippen molar-refractivity contribution in [1.29, 1.82) is 0 Å². The van der Waals surface area contributed by atoms with Crippen LogP contribution in [-0.2, 0) is 0 Å². The Hall–Kier alpha value is -3.18. The summed E-state index contributed by atoms with van der Waals surface area (Å²) in [6.45, 7) is 3.82. The van der Waals surface area contributed by atoms with Crippen LogP contribution in [0.4, 0.5) is 5.69 Å². The molecule has 2 aromatic carbocycles. The van der Waals surface area contributed by atoms with E-state index in [1.165, 1.54) is 0 Å². The topological polar surface area (TPSA) is 59.3 Å². The van der Waals surface area contributed by atoms with Crippen molar-refractivity contribution in [1.82, 2.24) is 14.6 Å². The number of hydrogen-bond acceptors (Lipinski definition) is 3. The number of carbonyl (C=O) groups is 1. The standard InChI is InChI=1S/C21H17ClN4O/c1-13-19(15-6-4-3-5-7-15)20-23-12-18(14(2)26(20)25-13)21(27)24-17-10-8-16(22)9-11-17/h3-12H,1-2H3,(H,24,27). The van der Waals surface area contributed by atoms with Crippen LogP contribution in [0.5, 0.6) is 0 Å². The molecule has 0 saturated heterocycles. The van der Waals surface area contributed by atoms with Crippen LogP contribution in [0.25, 0.3) is 16.8 Å². The SMILES string of the molecule is Cc1nn2c(C)c(C(=O)Nc3ccc(Cl)cc3)cnc2c1-c1ccccc1. The Balaban J connectivity index is 1.75. The van der Waals surface area contributed by atoms with E-state index >= 15 is 0 Å². The molecule has 27 heavy (non-hydrogen) atoms. The summed E-state index contributed by atoms with van der Waals surface area (Å²) in [5.41, 5.74) is 5.51. The molecule has 0 saturated carbocycles. The summed E-state index contributed by atoms with van der Waals surface area (Å²) in [7, 11) is 0. The molecule has 1 amide bonds. The lowest BCUT2D eigenvalue weighted by atomic mass is 10.1. The molecule has 1 N–H and O–H groups in total. The normalized spacial score (nSPS) is 10.9. The number of amides is 1. The van der Waals surface area contributed by atoms with Crippen molar-refractivity contribution in [3.05, 3.63) is 82.8 Å². The number of anilines is 1. The number of aryl methyl sites for hydroxylation is 2. The van der Waals surface area contributed by atoms with Crippen molar-refractivity contribution in [2.24, 2.45) is 0 Å². The molecule has 0 aliphatic rings. The summed E-state index contributed by atoms with van der Waals surface area (Å²) in [5, 5.41) is 8.09. The Labute approximate surface area is 161 Å². The number of benzene rings is 2. The Kier molecular flexibility index (Phi) is 4.38. The molecule has 2 aromatic heterocycles. The van der Waals surface area contributed by atoms with E-state index in [2.05, 4.69) is 15.4 Å². The van der Waals surface area contributed by atoms with Gasteiger partial charge in [-0.1, -0.05) is 41.9 Å². The molecule has 0 aliphatic heterocycles. The molecule has 4 aromatic rings. The molecule has 0 fully saturated rings. The molecule has 0 unspecified atom stereocenters. The zero-order chi connectivity index (χ0) is 19.0. The molecule has 0 radical (unpaired) electrons. The third-order valence-corrected chi connectivity index (χ3v) is 4.72. The minimum Gasteiger partial charge on any atom is -0.322 e. The van der Waals surface area contributed by atoms with Gasteiger partial charge in [0.15, 0.2) is 5.65 Å². The highest BCUT2D eigenvalue weighted by molar-refractivity contribution is 6.30. The van der Waals surface area contributed by atoms with E-state index in [0.29, 0.717) is 16.3 Å². The molecule has 134 valence electrons. The third kappa shape index (κ3) is 3.17. The van der Waals surface area contributed by atoms with Gasteiger partial charge in [-0.25, -0.2) is 9.50 Å². The number of halogens is 1. The highest BCUT2D eigenvalue weighted by atomic mass is 35.5. The number of fused-ring (bicyclic) bond motifs is 1. The second kappa shape index (κ2) is 6.85. The van der Waals surface area contributed by atoms with Gasteiger partial charge in [-0.2, -0.15) is 5.10 Å². The average molecular weight is 377 g/mol. The maximum Gasteiger partial charge on any atom is 0.259 e. The van der Waals surface area contributed by atoms with Crippen molar-refractivity contribution in [3.8, 4) is 11.1 Å². The molecular weight excluding hydrogens is 360 g/mol. The molecule has 0 aliphatic carbocycles. The monoisotopic (exact) mass is 376 g/mol. The Morgan fingerprint density at radius 3 is 2.44 bits per heavy atom. The van der Waals surface area contributed by atoms with E-state index in [1.54, 1.807) is 35.0 Å². The van der Waals surface area contributed by atoms with Crippen LogP contribution < -0.4 is 5.32 Å². The van der Waals surface area contributed by atoms with E-state index in [-0.39, 0.29) is 5.91 Å². The van der Waals surface area contributed by atoms with Crippen molar-refractivity contribution in [3.63, 3.8) is 0 Å². The van der Waals surface area contributed by atoms with Crippen LogP contribution in [0, 0.1) is 13.8 Å². The number of aromatic nitrogens is 3. The number of carbonyl (C=O) groups excluding carboxylic acids is 1. The number of rotatable bonds is 3. The van der Waals surface area contributed by atoms with Crippen LogP contribution in [0.1, 0.15) is 21.7 Å². The lowest BCUT2D eigenvalue weighted by Crippen LogP contribution is -2.16. The first-order valence-electron chi connectivity index (χ1n) is 8.52. The molecule has 5 nitrogen and oxygen atoms in total. The maximum absolute atomic E-state index is 12.7. The lowest BCUT2D eigenvalue weighted by Gasteiger charge is -2.09. The second-order valence-electron chi connectivity index (χ2n) is 6.28. The van der Waals surface area contributed by atoms with Gasteiger partial charge in [0.2, 0.25) is 0 Å². The minimum absolute atomic E-state index is 0.237. The van der Waals surface area contributed by atoms with E-state index in [9.17, 15) is 4.79 Å². The summed E-state index contributed by atoms with van der Waals surface area (Å²) in [6.07, 6.45) is 1.60. The fourth-order valence-electron chi connectivity index (χ4n) is 3.10. The maximum atomic E-state index is 12.7. The average Bonchev–Trinajstić information content (AvgIpc) is 3.01. The first kappa shape index (κ1) is 17.2. The largest absolute Gasteiger partial charge is 0.322 e. The van der Waals surface area contributed by atoms with Crippen LogP contribution in [-0.4, -0.2) is 20.5 Å². The van der Waals surface area contributed by atoms with Crippen molar-refractivity contribution in [2.75, 3.05) is 5.32 Å². The lowest BCUT2D eigenvalue weighted by molar-refractivity contribution is 0.102. The molecule has 4 rings (SSSR count).